The standard InChI is InChI=1S/C19H18N4O3/c1-3-11-21-17(24)22(12-4-2)19(26)23(18(21)25)13-15-8-5-7-14-9-6-10-20-16(14)15/h3-10H,1-2,11-13H2. The Bertz CT molecular complexity index is 1110. The van der Waals surface area contributed by atoms with Crippen molar-refractivity contribution in [1.82, 2.24) is 18.7 Å². The minimum Gasteiger partial charge on any atom is -0.256 e. The topological polar surface area (TPSA) is 78.9 Å². The normalized spacial score (nSPS) is 10.8. The lowest BCUT2D eigenvalue weighted by molar-refractivity contribution is 0.499. The molecule has 2 heterocycles. The van der Waals surface area contributed by atoms with E-state index in [0.717, 1.165) is 24.7 Å². The highest BCUT2D eigenvalue weighted by molar-refractivity contribution is 5.81. The van der Waals surface area contributed by atoms with Crippen LogP contribution in [-0.4, -0.2) is 18.7 Å². The molecular formula is C19H18N4O3. The predicted octanol–water partition coefficient (Wildman–Crippen LogP) is 1.14. The first-order valence-corrected chi connectivity index (χ1v) is 8.07. The van der Waals surface area contributed by atoms with Crippen molar-refractivity contribution >= 4 is 10.9 Å². The quantitative estimate of drug-likeness (QED) is 0.625. The Kier molecular flexibility index (Phi) is 4.79. The molecule has 26 heavy (non-hydrogen) atoms. The summed E-state index contributed by atoms with van der Waals surface area (Å²) in [5.41, 5.74) is -0.595. The molecule has 0 fully saturated rings. The molecular weight excluding hydrogens is 332 g/mol. The summed E-state index contributed by atoms with van der Waals surface area (Å²) in [4.78, 5) is 42.2. The van der Waals surface area contributed by atoms with E-state index < -0.39 is 17.1 Å². The largest absolute Gasteiger partial charge is 0.336 e. The lowest BCUT2D eigenvalue weighted by atomic mass is 10.1. The molecule has 0 saturated heterocycles. The summed E-state index contributed by atoms with van der Waals surface area (Å²) < 4.78 is 3.00. The van der Waals surface area contributed by atoms with Crippen LogP contribution in [0.25, 0.3) is 10.9 Å². The minimum absolute atomic E-state index is 0.0145. The molecule has 3 rings (SSSR count). The fraction of sp³-hybridized carbons (Fsp3) is 0.158. The van der Waals surface area contributed by atoms with Gasteiger partial charge in [0.1, 0.15) is 0 Å². The smallest absolute Gasteiger partial charge is 0.256 e. The zero-order valence-electron chi connectivity index (χ0n) is 14.2. The van der Waals surface area contributed by atoms with Crippen LogP contribution in [0.15, 0.2) is 76.2 Å². The number of pyridine rings is 1. The van der Waals surface area contributed by atoms with E-state index in [1.807, 2.05) is 30.3 Å². The van der Waals surface area contributed by atoms with Gasteiger partial charge in [-0.1, -0.05) is 36.4 Å². The van der Waals surface area contributed by atoms with Crippen LogP contribution in [-0.2, 0) is 19.6 Å². The Hall–Kier alpha value is -3.48. The van der Waals surface area contributed by atoms with Gasteiger partial charge < -0.3 is 0 Å². The van der Waals surface area contributed by atoms with Gasteiger partial charge >= 0.3 is 17.1 Å². The molecule has 7 nitrogen and oxygen atoms in total. The van der Waals surface area contributed by atoms with E-state index in [4.69, 9.17) is 0 Å². The maximum atomic E-state index is 12.7. The van der Waals surface area contributed by atoms with Crippen LogP contribution >= 0.6 is 0 Å². The van der Waals surface area contributed by atoms with Crippen molar-refractivity contribution in [1.29, 1.82) is 0 Å². The molecule has 0 aliphatic heterocycles. The number of allylic oxidation sites excluding steroid dienone is 2. The number of nitrogens with zero attached hydrogens (tertiary/aromatic N) is 4. The summed E-state index contributed by atoms with van der Waals surface area (Å²) in [6.07, 6.45) is 4.54. The number of hydrogen-bond donors (Lipinski definition) is 0. The van der Waals surface area contributed by atoms with Gasteiger partial charge in [0.05, 0.1) is 25.2 Å². The van der Waals surface area contributed by atoms with E-state index in [2.05, 4.69) is 18.1 Å². The fourth-order valence-electron chi connectivity index (χ4n) is 2.85. The molecule has 0 unspecified atom stereocenters. The second kappa shape index (κ2) is 7.18. The Labute approximate surface area is 148 Å². The predicted molar refractivity (Wildman–Crippen MR) is 100 cm³/mol. The average Bonchev–Trinajstić information content (AvgIpc) is 2.66. The van der Waals surface area contributed by atoms with Crippen molar-refractivity contribution < 1.29 is 0 Å². The van der Waals surface area contributed by atoms with E-state index in [1.165, 1.54) is 12.2 Å². The minimum atomic E-state index is -0.674. The third kappa shape index (κ3) is 2.95. The molecule has 0 aliphatic rings. The Morgan fingerprint density at radius 2 is 1.42 bits per heavy atom. The zero-order chi connectivity index (χ0) is 18.7. The molecule has 0 spiro atoms. The van der Waals surface area contributed by atoms with Gasteiger partial charge in [0.15, 0.2) is 0 Å². The number of para-hydroxylation sites is 1. The van der Waals surface area contributed by atoms with Crippen molar-refractivity contribution in [3.8, 4) is 0 Å². The van der Waals surface area contributed by atoms with Crippen LogP contribution in [0.4, 0.5) is 0 Å². The van der Waals surface area contributed by atoms with Crippen molar-refractivity contribution in [2.24, 2.45) is 0 Å². The second-order valence-corrected chi connectivity index (χ2v) is 5.72. The van der Waals surface area contributed by atoms with E-state index >= 15 is 0 Å². The van der Waals surface area contributed by atoms with Gasteiger partial charge in [0.2, 0.25) is 0 Å². The maximum absolute atomic E-state index is 12.7. The van der Waals surface area contributed by atoms with Gasteiger partial charge in [-0.25, -0.2) is 28.1 Å². The molecule has 7 heteroatoms. The molecule has 2 aromatic heterocycles. The molecule has 3 aromatic rings. The summed E-state index contributed by atoms with van der Waals surface area (Å²) in [6.45, 7) is 7.18. The summed E-state index contributed by atoms with van der Waals surface area (Å²) in [7, 11) is 0. The third-order valence-corrected chi connectivity index (χ3v) is 4.05. The first-order chi connectivity index (χ1) is 12.6. The van der Waals surface area contributed by atoms with Crippen LogP contribution in [0.2, 0.25) is 0 Å². The Morgan fingerprint density at radius 1 is 0.846 bits per heavy atom. The van der Waals surface area contributed by atoms with Gasteiger partial charge in [-0.2, -0.15) is 0 Å². The third-order valence-electron chi connectivity index (χ3n) is 4.05. The number of aromatic nitrogens is 4. The molecule has 0 bridgehead atoms. The van der Waals surface area contributed by atoms with Crippen LogP contribution < -0.4 is 17.1 Å². The number of hydrogen-bond acceptors (Lipinski definition) is 4. The summed E-state index contributed by atoms with van der Waals surface area (Å²) in [6, 6.07) is 9.28. The maximum Gasteiger partial charge on any atom is 0.336 e. The van der Waals surface area contributed by atoms with E-state index in [9.17, 15) is 14.4 Å². The molecule has 0 amide bonds. The highest BCUT2D eigenvalue weighted by Gasteiger charge is 2.15. The summed E-state index contributed by atoms with van der Waals surface area (Å²) in [5.74, 6) is 0. The monoisotopic (exact) mass is 350 g/mol. The average molecular weight is 350 g/mol. The van der Waals surface area contributed by atoms with Gasteiger partial charge in [0, 0.05) is 11.6 Å². The van der Waals surface area contributed by atoms with Gasteiger partial charge in [-0.3, -0.25) is 4.98 Å². The molecule has 0 saturated carbocycles. The molecule has 0 radical (unpaired) electrons. The van der Waals surface area contributed by atoms with E-state index in [1.54, 1.807) is 6.20 Å². The zero-order valence-corrected chi connectivity index (χ0v) is 14.2. The Morgan fingerprint density at radius 3 is 2.04 bits per heavy atom. The van der Waals surface area contributed by atoms with E-state index in [0.29, 0.717) is 5.52 Å². The Balaban J connectivity index is 2.25. The van der Waals surface area contributed by atoms with Gasteiger partial charge in [-0.05, 0) is 11.6 Å². The lowest BCUT2D eigenvalue weighted by Gasteiger charge is -2.13. The number of fused-ring (bicyclic) bond motifs is 1. The van der Waals surface area contributed by atoms with Gasteiger partial charge in [0.25, 0.3) is 0 Å². The second-order valence-electron chi connectivity index (χ2n) is 5.72. The lowest BCUT2D eigenvalue weighted by Crippen LogP contribution is -2.54. The van der Waals surface area contributed by atoms with Crippen molar-refractivity contribution in [2.45, 2.75) is 19.6 Å². The summed E-state index contributed by atoms with van der Waals surface area (Å²) >= 11 is 0. The van der Waals surface area contributed by atoms with Crippen molar-refractivity contribution in [3.05, 3.63) is 98.9 Å². The van der Waals surface area contributed by atoms with Crippen molar-refractivity contribution in [2.75, 3.05) is 0 Å². The van der Waals surface area contributed by atoms with Crippen molar-refractivity contribution in [3.63, 3.8) is 0 Å². The van der Waals surface area contributed by atoms with Gasteiger partial charge in [-0.15, -0.1) is 13.2 Å². The molecule has 0 aliphatic carbocycles. The first kappa shape index (κ1) is 17.3. The molecule has 0 atom stereocenters. The fourth-order valence-corrected chi connectivity index (χ4v) is 2.85. The number of benzene rings is 1. The molecule has 132 valence electrons. The SMILES string of the molecule is C=CCn1c(=O)n(CC=C)c(=O)n(Cc2cccc3cccnc23)c1=O. The van der Waals surface area contributed by atoms with Crippen LogP contribution in [0.3, 0.4) is 0 Å². The molecule has 1 aromatic carbocycles. The highest BCUT2D eigenvalue weighted by Crippen LogP contribution is 2.16. The van der Waals surface area contributed by atoms with Crippen LogP contribution in [0.1, 0.15) is 5.56 Å². The highest BCUT2D eigenvalue weighted by atomic mass is 16.2. The number of rotatable bonds is 6. The summed E-state index contributed by atoms with van der Waals surface area (Å²) in [5, 5.41) is 0.906. The first-order valence-electron chi connectivity index (χ1n) is 8.07. The van der Waals surface area contributed by atoms with E-state index in [-0.39, 0.29) is 19.6 Å². The molecule has 0 N–H and O–H groups in total. The van der Waals surface area contributed by atoms with Crippen LogP contribution in [0.5, 0.6) is 0 Å². The van der Waals surface area contributed by atoms with Crippen LogP contribution in [0, 0.1) is 0 Å².